The Hall–Kier alpha value is -1.75. The van der Waals surface area contributed by atoms with Crippen molar-refractivity contribution in [1.82, 2.24) is 20.1 Å². The van der Waals surface area contributed by atoms with E-state index in [9.17, 15) is 4.39 Å². The van der Waals surface area contributed by atoms with E-state index in [0.29, 0.717) is 17.3 Å². The van der Waals surface area contributed by atoms with Crippen molar-refractivity contribution in [2.75, 3.05) is 6.54 Å². The van der Waals surface area contributed by atoms with Gasteiger partial charge in [0.25, 0.3) is 0 Å². The van der Waals surface area contributed by atoms with Crippen LogP contribution in [0, 0.1) is 19.7 Å². The number of aryl methyl sites for hydroxylation is 2. The number of hydrogen-bond acceptors (Lipinski definition) is 3. The molecule has 0 fully saturated rings. The topological polar surface area (TPSA) is 42.7 Å². The zero-order valence-electron chi connectivity index (χ0n) is 11.7. The van der Waals surface area contributed by atoms with Crippen LogP contribution in [0.3, 0.4) is 0 Å². The Bertz CT molecular complexity index is 577. The van der Waals surface area contributed by atoms with Crippen LogP contribution in [0.4, 0.5) is 4.39 Å². The molecule has 0 radical (unpaired) electrons. The lowest BCUT2D eigenvalue weighted by atomic mass is 10.1. The molecule has 0 bridgehead atoms. The number of nitrogens with one attached hydrogen (secondary N) is 1. The third-order valence-corrected chi connectivity index (χ3v) is 3.08. The van der Waals surface area contributed by atoms with Crippen LogP contribution in [0.25, 0.3) is 5.69 Å². The first-order valence-electron chi connectivity index (χ1n) is 6.47. The lowest BCUT2D eigenvalue weighted by Crippen LogP contribution is -2.20. The van der Waals surface area contributed by atoms with Crippen molar-refractivity contribution in [3.63, 3.8) is 0 Å². The summed E-state index contributed by atoms with van der Waals surface area (Å²) in [6, 6.07) is 5.15. The van der Waals surface area contributed by atoms with Gasteiger partial charge in [-0.3, -0.25) is 0 Å². The van der Waals surface area contributed by atoms with Crippen LogP contribution in [0.1, 0.15) is 37.1 Å². The molecule has 1 atom stereocenters. The number of halogens is 1. The molecule has 0 aliphatic heterocycles. The van der Waals surface area contributed by atoms with Crippen molar-refractivity contribution >= 4 is 0 Å². The van der Waals surface area contributed by atoms with Gasteiger partial charge in [-0.25, -0.2) is 14.1 Å². The maximum atomic E-state index is 14.2. The molecule has 0 aliphatic carbocycles. The summed E-state index contributed by atoms with van der Waals surface area (Å²) < 4.78 is 15.8. The molecule has 0 saturated heterocycles. The predicted octanol–water partition coefficient (Wildman–Crippen LogP) is 2.69. The second-order valence-corrected chi connectivity index (χ2v) is 4.58. The molecule has 0 saturated carbocycles. The van der Waals surface area contributed by atoms with Gasteiger partial charge in [0.1, 0.15) is 23.2 Å². The molecule has 5 heteroatoms. The molecule has 4 nitrogen and oxygen atoms in total. The highest BCUT2D eigenvalue weighted by Crippen LogP contribution is 2.24. The second-order valence-electron chi connectivity index (χ2n) is 4.58. The lowest BCUT2D eigenvalue weighted by Gasteiger charge is -2.18. The Morgan fingerprint density at radius 1 is 1.37 bits per heavy atom. The number of hydrogen-bond donors (Lipinski definition) is 1. The van der Waals surface area contributed by atoms with Crippen molar-refractivity contribution < 1.29 is 4.39 Å². The average Bonchev–Trinajstić information content (AvgIpc) is 2.68. The van der Waals surface area contributed by atoms with Crippen LogP contribution in [-0.2, 0) is 0 Å². The van der Waals surface area contributed by atoms with Gasteiger partial charge in [0.05, 0.1) is 0 Å². The molecule has 1 heterocycles. The molecule has 1 N–H and O–H groups in total. The van der Waals surface area contributed by atoms with E-state index in [1.807, 2.05) is 26.8 Å². The quantitative estimate of drug-likeness (QED) is 0.921. The van der Waals surface area contributed by atoms with Gasteiger partial charge in [-0.05, 0) is 38.9 Å². The summed E-state index contributed by atoms with van der Waals surface area (Å²) in [5.41, 5.74) is 1.36. The number of aromatic nitrogens is 3. The van der Waals surface area contributed by atoms with E-state index in [0.717, 1.165) is 12.1 Å². The fraction of sp³-hybridized carbons (Fsp3) is 0.429. The highest BCUT2D eigenvalue weighted by molar-refractivity contribution is 5.44. The minimum absolute atomic E-state index is 0.0552. The summed E-state index contributed by atoms with van der Waals surface area (Å²) in [7, 11) is 0. The summed E-state index contributed by atoms with van der Waals surface area (Å²) in [5, 5.41) is 7.58. The van der Waals surface area contributed by atoms with Gasteiger partial charge >= 0.3 is 0 Å². The zero-order chi connectivity index (χ0) is 14.0. The van der Waals surface area contributed by atoms with E-state index in [4.69, 9.17) is 0 Å². The number of benzene rings is 1. The fourth-order valence-corrected chi connectivity index (χ4v) is 2.25. The molecule has 2 rings (SSSR count). The van der Waals surface area contributed by atoms with Gasteiger partial charge in [-0.1, -0.05) is 19.1 Å². The van der Waals surface area contributed by atoms with Crippen LogP contribution >= 0.6 is 0 Å². The molecule has 1 aromatic carbocycles. The van der Waals surface area contributed by atoms with Gasteiger partial charge in [0.2, 0.25) is 0 Å². The first-order chi connectivity index (χ1) is 9.04. The molecular formula is C14H19FN4. The monoisotopic (exact) mass is 262 g/mol. The zero-order valence-corrected chi connectivity index (χ0v) is 11.7. The first-order valence-corrected chi connectivity index (χ1v) is 6.47. The van der Waals surface area contributed by atoms with E-state index in [2.05, 4.69) is 15.4 Å². The standard InChI is InChI=1S/C14H19FN4/c1-5-16-9(2)12-7-6-8-13(15)14(12)19-11(4)17-10(3)18-19/h6-9,16H,5H2,1-4H3. The molecule has 0 aliphatic rings. The largest absolute Gasteiger partial charge is 0.310 e. The van der Waals surface area contributed by atoms with Gasteiger partial charge in [-0.2, -0.15) is 5.10 Å². The van der Waals surface area contributed by atoms with E-state index in [-0.39, 0.29) is 11.9 Å². The number of nitrogens with zero attached hydrogens (tertiary/aromatic N) is 3. The third-order valence-electron chi connectivity index (χ3n) is 3.08. The highest BCUT2D eigenvalue weighted by Gasteiger charge is 2.18. The van der Waals surface area contributed by atoms with Crippen LogP contribution in [0.5, 0.6) is 0 Å². The lowest BCUT2D eigenvalue weighted by molar-refractivity contribution is 0.567. The minimum atomic E-state index is -0.282. The van der Waals surface area contributed by atoms with E-state index in [1.165, 1.54) is 6.07 Å². The average molecular weight is 262 g/mol. The van der Waals surface area contributed by atoms with E-state index in [1.54, 1.807) is 17.7 Å². The third kappa shape index (κ3) is 2.66. The van der Waals surface area contributed by atoms with Crippen molar-refractivity contribution in [2.24, 2.45) is 0 Å². The molecule has 0 amide bonds. The van der Waals surface area contributed by atoms with Gasteiger partial charge in [0.15, 0.2) is 0 Å². The van der Waals surface area contributed by atoms with Crippen molar-refractivity contribution in [2.45, 2.75) is 33.7 Å². The Balaban J connectivity index is 2.58. The maximum Gasteiger partial charge on any atom is 0.149 e. The number of para-hydroxylation sites is 1. The second kappa shape index (κ2) is 5.48. The van der Waals surface area contributed by atoms with Crippen LogP contribution in [0.15, 0.2) is 18.2 Å². The summed E-state index contributed by atoms with van der Waals surface area (Å²) >= 11 is 0. The number of rotatable bonds is 4. The molecule has 19 heavy (non-hydrogen) atoms. The Labute approximate surface area is 112 Å². The summed E-state index contributed by atoms with van der Waals surface area (Å²) in [4.78, 5) is 4.24. The minimum Gasteiger partial charge on any atom is -0.310 e. The molecule has 0 spiro atoms. The summed E-state index contributed by atoms with van der Waals surface area (Å²) in [6.07, 6.45) is 0. The molecular weight excluding hydrogens is 243 g/mol. The molecule has 1 aromatic heterocycles. The molecule has 1 unspecified atom stereocenters. The molecule has 2 aromatic rings. The van der Waals surface area contributed by atoms with Gasteiger partial charge in [-0.15, -0.1) is 0 Å². The van der Waals surface area contributed by atoms with E-state index >= 15 is 0 Å². The summed E-state index contributed by atoms with van der Waals surface area (Å²) in [5.74, 6) is 1.05. The highest BCUT2D eigenvalue weighted by atomic mass is 19.1. The van der Waals surface area contributed by atoms with Gasteiger partial charge < -0.3 is 5.32 Å². The normalized spacial score (nSPS) is 12.7. The van der Waals surface area contributed by atoms with Gasteiger partial charge in [0, 0.05) is 6.04 Å². The van der Waals surface area contributed by atoms with Crippen molar-refractivity contribution in [3.05, 3.63) is 41.2 Å². The Morgan fingerprint density at radius 3 is 2.68 bits per heavy atom. The van der Waals surface area contributed by atoms with Crippen LogP contribution in [-0.4, -0.2) is 21.3 Å². The fourth-order valence-electron chi connectivity index (χ4n) is 2.25. The van der Waals surface area contributed by atoms with E-state index < -0.39 is 0 Å². The smallest absolute Gasteiger partial charge is 0.149 e. The SMILES string of the molecule is CCNC(C)c1cccc(F)c1-n1nc(C)nc1C. The Kier molecular flexibility index (Phi) is 3.95. The van der Waals surface area contributed by atoms with Crippen LogP contribution in [0.2, 0.25) is 0 Å². The maximum absolute atomic E-state index is 14.2. The predicted molar refractivity (Wildman–Crippen MR) is 72.9 cm³/mol. The first kappa shape index (κ1) is 13.7. The van der Waals surface area contributed by atoms with Crippen molar-refractivity contribution in [1.29, 1.82) is 0 Å². The molecule has 102 valence electrons. The Morgan fingerprint density at radius 2 is 2.11 bits per heavy atom. The summed E-state index contributed by atoms with van der Waals surface area (Å²) in [6.45, 7) is 8.50. The van der Waals surface area contributed by atoms with Crippen LogP contribution < -0.4 is 5.32 Å². The van der Waals surface area contributed by atoms with Crippen molar-refractivity contribution in [3.8, 4) is 5.69 Å².